The molecule has 4 rings (SSSR count). The molecule has 8 nitrogen and oxygen atoms in total. The van der Waals surface area contributed by atoms with Gasteiger partial charge in [0.15, 0.2) is 0 Å². The van der Waals surface area contributed by atoms with Crippen molar-refractivity contribution >= 4 is 12.5 Å². The first kappa shape index (κ1) is 22.4. The highest BCUT2D eigenvalue weighted by atomic mass is 16.5. The molecule has 1 atom stereocenters. The van der Waals surface area contributed by atoms with Gasteiger partial charge in [-0.2, -0.15) is 0 Å². The number of fused-ring (bicyclic) bond motifs is 1. The van der Waals surface area contributed by atoms with Gasteiger partial charge in [0.25, 0.3) is 6.47 Å². The summed E-state index contributed by atoms with van der Waals surface area (Å²) in [6.45, 7) is 4.40. The van der Waals surface area contributed by atoms with Crippen molar-refractivity contribution in [2.45, 2.75) is 51.3 Å². The van der Waals surface area contributed by atoms with E-state index in [1.807, 2.05) is 23.1 Å². The summed E-state index contributed by atoms with van der Waals surface area (Å²) in [4.78, 5) is 25.5. The number of nitrogens with zero attached hydrogens (tertiary/aromatic N) is 2. The molecule has 0 aromatic heterocycles. The lowest BCUT2D eigenvalue weighted by molar-refractivity contribution is -0.122. The number of hydrogen-bond donors (Lipinski definition) is 3. The molecule has 1 saturated carbocycles. The molecule has 2 aliphatic heterocycles. The van der Waals surface area contributed by atoms with Crippen LogP contribution < -0.4 is 10.1 Å². The quantitative estimate of drug-likeness (QED) is 0.646. The van der Waals surface area contributed by atoms with E-state index in [-0.39, 0.29) is 19.1 Å². The third-order valence-corrected chi connectivity index (χ3v) is 6.27. The SMILES string of the molecule is O=C(NCC1CCN(C2CCCC2)C1)N1CCOc2ccc(CO)cc2C1.O=CO. The van der Waals surface area contributed by atoms with E-state index in [1.54, 1.807) is 0 Å². The van der Waals surface area contributed by atoms with Crippen LogP contribution in [0.4, 0.5) is 4.79 Å². The predicted octanol–water partition coefficient (Wildman–Crippen LogP) is 2.05. The third kappa shape index (κ3) is 5.86. The Kier molecular flexibility index (Phi) is 8.33. The molecule has 0 radical (unpaired) electrons. The molecule has 3 N–H and O–H groups in total. The smallest absolute Gasteiger partial charge is 0.317 e. The Morgan fingerprint density at radius 3 is 2.73 bits per heavy atom. The first-order valence-electron chi connectivity index (χ1n) is 10.8. The second-order valence-electron chi connectivity index (χ2n) is 8.25. The summed E-state index contributed by atoms with van der Waals surface area (Å²) in [7, 11) is 0. The molecule has 2 heterocycles. The largest absolute Gasteiger partial charge is 0.491 e. The van der Waals surface area contributed by atoms with Crippen LogP contribution in [0.25, 0.3) is 0 Å². The number of nitrogens with one attached hydrogen (secondary N) is 1. The van der Waals surface area contributed by atoms with Crippen LogP contribution in [0.1, 0.15) is 43.2 Å². The summed E-state index contributed by atoms with van der Waals surface area (Å²) < 4.78 is 5.77. The van der Waals surface area contributed by atoms with E-state index in [9.17, 15) is 9.90 Å². The number of ether oxygens (including phenoxy) is 1. The van der Waals surface area contributed by atoms with Crippen molar-refractivity contribution in [3.05, 3.63) is 29.3 Å². The molecule has 1 unspecified atom stereocenters. The molecule has 0 bridgehead atoms. The molecular weight excluding hydrogens is 386 g/mol. The summed E-state index contributed by atoms with van der Waals surface area (Å²) in [5, 5.41) is 19.4. The maximum absolute atomic E-state index is 12.7. The lowest BCUT2D eigenvalue weighted by atomic mass is 10.1. The number of aliphatic hydroxyl groups excluding tert-OH is 1. The van der Waals surface area contributed by atoms with Crippen molar-refractivity contribution in [2.75, 3.05) is 32.8 Å². The number of aliphatic hydroxyl groups is 1. The van der Waals surface area contributed by atoms with Crippen LogP contribution in [0.2, 0.25) is 0 Å². The van der Waals surface area contributed by atoms with Gasteiger partial charge in [-0.05, 0) is 49.4 Å². The zero-order valence-corrected chi connectivity index (χ0v) is 17.5. The number of hydrogen-bond acceptors (Lipinski definition) is 5. The molecule has 1 aromatic rings. The number of carboxylic acid groups (broad SMARTS) is 1. The standard InChI is InChI=1S/C21H31N3O3.CH2O2/c25-15-16-5-6-20-18(11-16)14-24(9-10-27-20)21(26)22-12-17-7-8-23(13-17)19-3-1-2-4-19;2-1-3/h5-6,11,17,19,25H,1-4,7-10,12-15H2,(H,22,26);1H,(H,2,3). The molecular formula is C22H33N3O5. The first-order chi connectivity index (χ1) is 14.6. The second kappa shape index (κ2) is 11.2. The normalized spacial score (nSPS) is 21.8. The Balaban J connectivity index is 0.000000806. The van der Waals surface area contributed by atoms with E-state index in [4.69, 9.17) is 14.6 Å². The molecule has 8 heteroatoms. The molecule has 166 valence electrons. The minimum atomic E-state index is -0.250. The van der Waals surface area contributed by atoms with Gasteiger partial charge < -0.3 is 30.1 Å². The third-order valence-electron chi connectivity index (χ3n) is 6.27. The molecule has 30 heavy (non-hydrogen) atoms. The molecule has 0 spiro atoms. The number of likely N-dealkylation sites (tertiary alicyclic amines) is 1. The van der Waals surface area contributed by atoms with Crippen LogP contribution in [-0.4, -0.2) is 71.3 Å². The zero-order chi connectivity index (χ0) is 21.3. The maximum atomic E-state index is 12.7. The number of benzene rings is 1. The summed E-state index contributed by atoms with van der Waals surface area (Å²) >= 11 is 0. The monoisotopic (exact) mass is 419 g/mol. The fraction of sp³-hybridized carbons (Fsp3) is 0.636. The van der Waals surface area contributed by atoms with E-state index in [0.717, 1.165) is 36.0 Å². The van der Waals surface area contributed by atoms with Gasteiger partial charge in [-0.15, -0.1) is 0 Å². The number of carbonyl (C=O) groups is 2. The van der Waals surface area contributed by atoms with Crippen LogP contribution in [0, 0.1) is 5.92 Å². The molecule has 2 fully saturated rings. The average molecular weight is 420 g/mol. The molecule has 1 saturated heterocycles. The molecule has 1 aliphatic carbocycles. The van der Waals surface area contributed by atoms with Gasteiger partial charge >= 0.3 is 6.03 Å². The Morgan fingerprint density at radius 2 is 2.00 bits per heavy atom. The van der Waals surface area contributed by atoms with Crippen molar-refractivity contribution < 1.29 is 24.5 Å². The van der Waals surface area contributed by atoms with E-state index in [2.05, 4.69) is 10.2 Å². The van der Waals surface area contributed by atoms with E-state index >= 15 is 0 Å². The molecule has 2 amide bonds. The predicted molar refractivity (Wildman–Crippen MR) is 112 cm³/mol. The van der Waals surface area contributed by atoms with Crippen molar-refractivity contribution in [1.82, 2.24) is 15.1 Å². The van der Waals surface area contributed by atoms with Crippen molar-refractivity contribution in [3.63, 3.8) is 0 Å². The highest BCUT2D eigenvalue weighted by Crippen LogP contribution is 2.28. The zero-order valence-electron chi connectivity index (χ0n) is 17.5. The van der Waals surface area contributed by atoms with Crippen molar-refractivity contribution in [3.8, 4) is 5.75 Å². The number of carbonyl (C=O) groups excluding carboxylic acids is 1. The van der Waals surface area contributed by atoms with Crippen LogP contribution >= 0.6 is 0 Å². The Morgan fingerprint density at radius 1 is 1.23 bits per heavy atom. The highest BCUT2D eigenvalue weighted by molar-refractivity contribution is 5.74. The molecule has 1 aromatic carbocycles. The number of amides is 2. The average Bonchev–Trinajstić information content (AvgIpc) is 3.40. The van der Waals surface area contributed by atoms with Crippen LogP contribution in [0.5, 0.6) is 5.75 Å². The lowest BCUT2D eigenvalue weighted by Crippen LogP contribution is -2.43. The summed E-state index contributed by atoms with van der Waals surface area (Å²) in [6, 6.07) is 6.45. The van der Waals surface area contributed by atoms with Crippen LogP contribution in [0.15, 0.2) is 18.2 Å². The van der Waals surface area contributed by atoms with Crippen molar-refractivity contribution in [1.29, 1.82) is 0 Å². The highest BCUT2D eigenvalue weighted by Gasteiger charge is 2.30. The maximum Gasteiger partial charge on any atom is 0.317 e. The van der Waals surface area contributed by atoms with Crippen LogP contribution in [0.3, 0.4) is 0 Å². The topological polar surface area (TPSA) is 102 Å². The fourth-order valence-corrected chi connectivity index (χ4v) is 4.69. The van der Waals surface area contributed by atoms with E-state index in [0.29, 0.717) is 25.6 Å². The minimum Gasteiger partial charge on any atom is -0.491 e. The number of urea groups is 1. The van der Waals surface area contributed by atoms with Crippen molar-refractivity contribution in [2.24, 2.45) is 5.92 Å². The Labute approximate surface area is 177 Å². The van der Waals surface area contributed by atoms with Gasteiger partial charge in [0.2, 0.25) is 0 Å². The van der Waals surface area contributed by atoms with E-state index in [1.165, 1.54) is 38.6 Å². The molecule has 3 aliphatic rings. The second-order valence-corrected chi connectivity index (χ2v) is 8.25. The van der Waals surface area contributed by atoms with Gasteiger partial charge in [-0.1, -0.05) is 18.9 Å². The summed E-state index contributed by atoms with van der Waals surface area (Å²) in [6.07, 6.45) is 6.63. The van der Waals surface area contributed by atoms with Crippen LogP contribution in [-0.2, 0) is 17.9 Å². The van der Waals surface area contributed by atoms with Gasteiger partial charge in [-0.25, -0.2) is 4.79 Å². The van der Waals surface area contributed by atoms with Gasteiger partial charge in [-0.3, -0.25) is 4.79 Å². The minimum absolute atomic E-state index is 0.00134. The number of rotatable bonds is 4. The summed E-state index contributed by atoms with van der Waals surface area (Å²) in [5.41, 5.74) is 1.81. The lowest BCUT2D eigenvalue weighted by Gasteiger charge is -2.24. The summed E-state index contributed by atoms with van der Waals surface area (Å²) in [5.74, 6) is 1.37. The fourth-order valence-electron chi connectivity index (χ4n) is 4.69. The van der Waals surface area contributed by atoms with E-state index < -0.39 is 0 Å². The van der Waals surface area contributed by atoms with Gasteiger partial charge in [0.1, 0.15) is 12.4 Å². The Hall–Kier alpha value is -2.32. The first-order valence-corrected chi connectivity index (χ1v) is 10.8. The van der Waals surface area contributed by atoms with Gasteiger partial charge in [0.05, 0.1) is 19.7 Å². The van der Waals surface area contributed by atoms with Gasteiger partial charge in [0, 0.05) is 24.7 Å². The Bertz CT molecular complexity index is 708.